The molecule has 98 valence electrons. The van der Waals surface area contributed by atoms with E-state index in [2.05, 4.69) is 30.0 Å². The molecule has 0 spiro atoms. The third-order valence-corrected chi connectivity index (χ3v) is 3.53. The van der Waals surface area contributed by atoms with Crippen LogP contribution in [0.25, 0.3) is 0 Å². The fourth-order valence-corrected chi connectivity index (χ4v) is 2.36. The Labute approximate surface area is 105 Å². The van der Waals surface area contributed by atoms with E-state index in [1.54, 1.807) is 0 Å². The smallest absolute Gasteiger partial charge is 0.102 e. The molecule has 1 rings (SSSR count). The molecule has 1 unspecified atom stereocenters. The zero-order valence-electron chi connectivity index (χ0n) is 11.4. The number of piperidine rings is 1. The zero-order valence-corrected chi connectivity index (χ0v) is 11.4. The summed E-state index contributed by atoms with van der Waals surface area (Å²) in [6.45, 7) is 6.27. The van der Waals surface area contributed by atoms with Crippen LogP contribution in [0.2, 0.25) is 0 Å². The Kier molecular flexibility index (Phi) is 5.38. The highest BCUT2D eigenvalue weighted by Crippen LogP contribution is 2.18. The summed E-state index contributed by atoms with van der Waals surface area (Å²) >= 11 is 0. The molecule has 1 saturated heterocycles. The summed E-state index contributed by atoms with van der Waals surface area (Å²) in [5, 5.41) is 8.87. The van der Waals surface area contributed by atoms with E-state index in [1.807, 2.05) is 6.92 Å². The van der Waals surface area contributed by atoms with Crippen molar-refractivity contribution in [3.63, 3.8) is 0 Å². The molecule has 1 heterocycles. The minimum absolute atomic E-state index is 0.666. The van der Waals surface area contributed by atoms with Gasteiger partial charge in [0.25, 0.3) is 0 Å². The highest BCUT2D eigenvalue weighted by molar-refractivity contribution is 5.01. The van der Waals surface area contributed by atoms with Crippen molar-refractivity contribution < 1.29 is 0 Å². The van der Waals surface area contributed by atoms with Gasteiger partial charge in [0.2, 0.25) is 0 Å². The minimum atomic E-state index is -0.666. The molecule has 0 aromatic heterocycles. The fourth-order valence-electron chi connectivity index (χ4n) is 2.36. The second kappa shape index (κ2) is 6.34. The zero-order chi connectivity index (χ0) is 12.9. The van der Waals surface area contributed by atoms with Crippen LogP contribution in [-0.4, -0.2) is 55.6 Å². The molecule has 4 nitrogen and oxygen atoms in total. The maximum absolute atomic E-state index is 8.87. The van der Waals surface area contributed by atoms with Crippen LogP contribution < -0.4 is 5.73 Å². The number of rotatable bonds is 5. The Morgan fingerprint density at radius 3 is 2.47 bits per heavy atom. The average Bonchev–Trinajstić information content (AvgIpc) is 2.28. The molecule has 0 radical (unpaired) electrons. The van der Waals surface area contributed by atoms with E-state index in [9.17, 15) is 0 Å². The van der Waals surface area contributed by atoms with Gasteiger partial charge in [-0.25, -0.2) is 0 Å². The largest absolute Gasteiger partial charge is 0.314 e. The maximum atomic E-state index is 8.87. The first-order chi connectivity index (χ1) is 7.93. The molecule has 4 heteroatoms. The van der Waals surface area contributed by atoms with Gasteiger partial charge >= 0.3 is 0 Å². The fraction of sp³-hybridized carbons (Fsp3) is 0.923. The van der Waals surface area contributed by atoms with E-state index in [1.165, 1.54) is 19.4 Å². The highest BCUT2D eigenvalue weighted by Gasteiger charge is 2.22. The van der Waals surface area contributed by atoms with Crippen molar-refractivity contribution in [3.8, 4) is 6.07 Å². The molecule has 0 aromatic carbocycles. The van der Waals surface area contributed by atoms with Gasteiger partial charge in [0.1, 0.15) is 5.54 Å². The topological polar surface area (TPSA) is 56.3 Å². The number of nitrogens with two attached hydrogens (primary N) is 1. The number of likely N-dealkylation sites (tertiary alicyclic amines) is 1. The standard InChI is InChI=1S/C13H26N4/c1-13(15,11-14)6-9-17-7-4-12(5-8-17)10-16(2)3/h12H,4-10,15H2,1-3H3. The minimum Gasteiger partial charge on any atom is -0.314 e. The summed E-state index contributed by atoms with van der Waals surface area (Å²) in [5.41, 5.74) is 5.17. The van der Waals surface area contributed by atoms with Crippen molar-refractivity contribution in [2.45, 2.75) is 31.7 Å². The van der Waals surface area contributed by atoms with Gasteiger partial charge in [-0.3, -0.25) is 0 Å². The van der Waals surface area contributed by atoms with Gasteiger partial charge in [-0.1, -0.05) is 0 Å². The molecule has 0 aromatic rings. The van der Waals surface area contributed by atoms with E-state index in [-0.39, 0.29) is 0 Å². The van der Waals surface area contributed by atoms with Crippen LogP contribution in [0.3, 0.4) is 0 Å². The Bertz CT molecular complexity index is 259. The maximum Gasteiger partial charge on any atom is 0.102 e. The molecule has 17 heavy (non-hydrogen) atoms. The van der Waals surface area contributed by atoms with E-state index in [0.717, 1.165) is 32.0 Å². The number of hydrogen-bond donors (Lipinski definition) is 1. The lowest BCUT2D eigenvalue weighted by Crippen LogP contribution is -2.42. The van der Waals surface area contributed by atoms with Crippen LogP contribution in [0.15, 0.2) is 0 Å². The van der Waals surface area contributed by atoms with Gasteiger partial charge in [-0.15, -0.1) is 0 Å². The highest BCUT2D eigenvalue weighted by atomic mass is 15.1. The Hall–Kier alpha value is -0.630. The van der Waals surface area contributed by atoms with Crippen molar-refractivity contribution in [2.75, 3.05) is 40.3 Å². The molecule has 1 aliphatic rings. The third-order valence-electron chi connectivity index (χ3n) is 3.53. The lowest BCUT2D eigenvalue weighted by molar-refractivity contribution is 0.156. The molecule has 1 atom stereocenters. The molecule has 0 aliphatic carbocycles. The quantitative estimate of drug-likeness (QED) is 0.773. The summed E-state index contributed by atoms with van der Waals surface area (Å²) in [4.78, 5) is 4.71. The van der Waals surface area contributed by atoms with Crippen molar-refractivity contribution in [1.82, 2.24) is 9.80 Å². The van der Waals surface area contributed by atoms with Gasteiger partial charge < -0.3 is 15.5 Å². The van der Waals surface area contributed by atoms with E-state index >= 15 is 0 Å². The Balaban J connectivity index is 2.22. The van der Waals surface area contributed by atoms with Crippen LogP contribution in [-0.2, 0) is 0 Å². The Morgan fingerprint density at radius 1 is 1.41 bits per heavy atom. The molecular weight excluding hydrogens is 212 g/mol. The second-order valence-electron chi connectivity index (χ2n) is 5.83. The Morgan fingerprint density at radius 2 is 2.00 bits per heavy atom. The van der Waals surface area contributed by atoms with Gasteiger partial charge in [0, 0.05) is 13.1 Å². The van der Waals surface area contributed by atoms with Crippen molar-refractivity contribution in [3.05, 3.63) is 0 Å². The number of nitrogens with zero attached hydrogens (tertiary/aromatic N) is 3. The van der Waals surface area contributed by atoms with Crippen LogP contribution in [0.1, 0.15) is 26.2 Å². The van der Waals surface area contributed by atoms with Gasteiger partial charge in [-0.05, 0) is 59.3 Å². The van der Waals surface area contributed by atoms with E-state index in [0.29, 0.717) is 0 Å². The van der Waals surface area contributed by atoms with Gasteiger partial charge in [0.15, 0.2) is 0 Å². The normalized spacial score (nSPS) is 22.4. The monoisotopic (exact) mass is 238 g/mol. The average molecular weight is 238 g/mol. The first-order valence-corrected chi connectivity index (χ1v) is 6.50. The predicted molar refractivity (Wildman–Crippen MR) is 70.5 cm³/mol. The van der Waals surface area contributed by atoms with Gasteiger partial charge in [-0.2, -0.15) is 5.26 Å². The molecule has 1 fully saturated rings. The number of hydrogen-bond acceptors (Lipinski definition) is 4. The van der Waals surface area contributed by atoms with Crippen molar-refractivity contribution in [2.24, 2.45) is 11.7 Å². The van der Waals surface area contributed by atoms with Crippen molar-refractivity contribution >= 4 is 0 Å². The second-order valence-corrected chi connectivity index (χ2v) is 5.83. The van der Waals surface area contributed by atoms with Crippen LogP contribution in [0.5, 0.6) is 0 Å². The van der Waals surface area contributed by atoms with Crippen LogP contribution >= 0.6 is 0 Å². The van der Waals surface area contributed by atoms with E-state index in [4.69, 9.17) is 11.0 Å². The van der Waals surface area contributed by atoms with E-state index < -0.39 is 5.54 Å². The number of nitriles is 1. The first kappa shape index (κ1) is 14.4. The summed E-state index contributed by atoms with van der Waals surface area (Å²) in [6.07, 6.45) is 3.31. The molecule has 1 aliphatic heterocycles. The predicted octanol–water partition coefficient (Wildman–Crippen LogP) is 0.891. The lowest BCUT2D eigenvalue weighted by atomic mass is 9.95. The first-order valence-electron chi connectivity index (χ1n) is 6.50. The summed E-state index contributed by atoms with van der Waals surface area (Å²) in [5.74, 6) is 0.835. The summed E-state index contributed by atoms with van der Waals surface area (Å²) in [6, 6.07) is 2.16. The molecule has 2 N–H and O–H groups in total. The summed E-state index contributed by atoms with van der Waals surface area (Å²) in [7, 11) is 4.28. The SMILES string of the molecule is CN(C)CC1CCN(CCC(C)(N)C#N)CC1. The van der Waals surface area contributed by atoms with Crippen LogP contribution in [0.4, 0.5) is 0 Å². The van der Waals surface area contributed by atoms with Crippen LogP contribution in [0, 0.1) is 17.2 Å². The van der Waals surface area contributed by atoms with Gasteiger partial charge in [0.05, 0.1) is 6.07 Å². The third kappa shape index (κ3) is 5.49. The molecule has 0 amide bonds. The lowest BCUT2D eigenvalue weighted by Gasteiger charge is -2.34. The molecule has 0 saturated carbocycles. The summed E-state index contributed by atoms with van der Waals surface area (Å²) < 4.78 is 0. The van der Waals surface area contributed by atoms with Crippen molar-refractivity contribution in [1.29, 1.82) is 5.26 Å². The molecular formula is C13H26N4. The molecule has 0 bridgehead atoms.